The molecule has 2 aromatic heterocycles. The summed E-state index contributed by atoms with van der Waals surface area (Å²) in [5.41, 5.74) is 3.53. The lowest BCUT2D eigenvalue weighted by Crippen LogP contribution is -2.26. The number of benzene rings is 2. The fraction of sp³-hybridized carbons (Fsp3) is 0.0588. The molecule has 4 nitrogen and oxygen atoms in total. The molecular weight excluding hydrogens is 262 g/mol. The molecule has 2 heterocycles. The topological polar surface area (TPSA) is 41.9 Å². The van der Waals surface area contributed by atoms with Crippen LogP contribution in [0.2, 0.25) is 0 Å². The zero-order valence-electron chi connectivity index (χ0n) is 11.6. The van der Waals surface area contributed by atoms with Gasteiger partial charge in [-0.15, -0.1) is 4.52 Å². The van der Waals surface area contributed by atoms with Gasteiger partial charge in [0.15, 0.2) is 11.2 Å². The van der Waals surface area contributed by atoms with Crippen LogP contribution in [0.5, 0.6) is 0 Å². The molecule has 0 atom stereocenters. The summed E-state index contributed by atoms with van der Waals surface area (Å²) in [5.74, 6) is 0. The molecule has 4 rings (SSSR count). The van der Waals surface area contributed by atoms with E-state index in [0.717, 1.165) is 22.2 Å². The van der Waals surface area contributed by atoms with E-state index >= 15 is 0 Å². The molecule has 2 aromatic carbocycles. The minimum atomic E-state index is -0.0462. The van der Waals surface area contributed by atoms with Crippen molar-refractivity contribution in [2.75, 3.05) is 0 Å². The number of hydrogen-bond donors (Lipinski definition) is 1. The second-order valence-electron chi connectivity index (χ2n) is 5.14. The second-order valence-corrected chi connectivity index (χ2v) is 5.14. The Morgan fingerprint density at radius 2 is 1.67 bits per heavy atom. The lowest BCUT2D eigenvalue weighted by atomic mass is 10.1. The summed E-state index contributed by atoms with van der Waals surface area (Å²) in [5, 5.41) is 4.31. The summed E-state index contributed by atoms with van der Waals surface area (Å²) in [4.78, 5) is 12.6. The molecule has 0 bridgehead atoms. The van der Waals surface area contributed by atoms with Crippen molar-refractivity contribution in [1.29, 1.82) is 0 Å². The molecule has 4 aromatic rings. The van der Waals surface area contributed by atoms with E-state index in [0.29, 0.717) is 5.52 Å². The molecule has 4 heteroatoms. The molecule has 0 saturated heterocycles. The van der Waals surface area contributed by atoms with Gasteiger partial charge in [-0.2, -0.15) is 0 Å². The molecule has 1 N–H and O–H groups in total. The van der Waals surface area contributed by atoms with Crippen molar-refractivity contribution in [1.82, 2.24) is 9.90 Å². The zero-order chi connectivity index (χ0) is 14.4. The number of pyridine rings is 1. The summed E-state index contributed by atoms with van der Waals surface area (Å²) in [7, 11) is 0. The van der Waals surface area contributed by atoms with Crippen molar-refractivity contribution in [3.8, 4) is 5.69 Å². The molecule has 0 aliphatic heterocycles. The van der Waals surface area contributed by atoms with Crippen LogP contribution in [-0.4, -0.2) is 9.90 Å². The molecule has 0 spiro atoms. The molecule has 0 amide bonds. The summed E-state index contributed by atoms with van der Waals surface area (Å²) in [6, 6.07) is 19.6. The first-order valence-electron chi connectivity index (χ1n) is 6.86. The van der Waals surface area contributed by atoms with Gasteiger partial charge < -0.3 is 0 Å². The first-order valence-corrected chi connectivity index (χ1v) is 6.86. The fourth-order valence-corrected chi connectivity index (χ4v) is 2.76. The summed E-state index contributed by atoms with van der Waals surface area (Å²) in [6.45, 7) is 2.03. The first kappa shape index (κ1) is 11.9. The van der Waals surface area contributed by atoms with Gasteiger partial charge >= 0.3 is 5.56 Å². The maximum Gasteiger partial charge on any atom is 0.406 e. The third kappa shape index (κ3) is 1.69. The van der Waals surface area contributed by atoms with Crippen LogP contribution in [0.1, 0.15) is 5.56 Å². The number of nitrogens with zero attached hydrogens (tertiary/aromatic N) is 2. The Hall–Kier alpha value is -2.88. The van der Waals surface area contributed by atoms with Crippen molar-refractivity contribution in [2.24, 2.45) is 0 Å². The number of H-pyrrole nitrogens is 1. The van der Waals surface area contributed by atoms with Gasteiger partial charge in [-0.25, -0.2) is 4.79 Å². The summed E-state index contributed by atoms with van der Waals surface area (Å²) in [6.07, 6.45) is 0. The van der Waals surface area contributed by atoms with Gasteiger partial charge in [0.2, 0.25) is 5.52 Å². The molecule has 0 aliphatic carbocycles. The minimum Gasteiger partial charge on any atom is -0.234 e. The highest BCUT2D eigenvalue weighted by Gasteiger charge is 2.19. The number of para-hydroxylation sites is 2. The summed E-state index contributed by atoms with van der Waals surface area (Å²) < 4.78 is 3.42. The van der Waals surface area contributed by atoms with Crippen molar-refractivity contribution >= 4 is 16.4 Å². The SMILES string of the molecule is Cc1cc2c(=O)n(-c3ccccc3)[nH][n+]2c2ccccc12. The molecule has 0 saturated carbocycles. The molecule has 0 radical (unpaired) electrons. The van der Waals surface area contributed by atoms with E-state index in [1.807, 2.05) is 66.0 Å². The lowest BCUT2D eigenvalue weighted by molar-refractivity contribution is -0.555. The van der Waals surface area contributed by atoms with Gasteiger partial charge in [0, 0.05) is 5.39 Å². The van der Waals surface area contributed by atoms with Crippen LogP contribution in [0.4, 0.5) is 0 Å². The van der Waals surface area contributed by atoms with E-state index in [-0.39, 0.29) is 5.56 Å². The van der Waals surface area contributed by atoms with Crippen LogP contribution in [0.15, 0.2) is 65.5 Å². The lowest BCUT2D eigenvalue weighted by Gasteiger charge is -1.98. The Labute approximate surface area is 120 Å². The van der Waals surface area contributed by atoms with Crippen LogP contribution < -0.4 is 10.1 Å². The molecule has 0 fully saturated rings. The highest BCUT2D eigenvalue weighted by Crippen LogP contribution is 2.15. The summed E-state index contributed by atoms with van der Waals surface area (Å²) >= 11 is 0. The van der Waals surface area contributed by atoms with E-state index in [9.17, 15) is 4.79 Å². The van der Waals surface area contributed by atoms with E-state index in [1.54, 1.807) is 4.68 Å². The average molecular weight is 276 g/mol. The Morgan fingerprint density at radius 1 is 0.952 bits per heavy atom. The number of nitrogens with one attached hydrogen (secondary N) is 1. The van der Waals surface area contributed by atoms with E-state index in [4.69, 9.17) is 0 Å². The number of fused-ring (bicyclic) bond motifs is 3. The molecule has 102 valence electrons. The maximum atomic E-state index is 12.6. The molecule has 0 unspecified atom stereocenters. The smallest absolute Gasteiger partial charge is 0.234 e. The Bertz CT molecular complexity index is 1010. The normalized spacial score (nSPS) is 11.3. The molecular formula is C17H14N3O+. The monoisotopic (exact) mass is 276 g/mol. The highest BCUT2D eigenvalue weighted by atomic mass is 16.1. The van der Waals surface area contributed by atoms with Crippen LogP contribution in [0, 0.1) is 6.92 Å². The van der Waals surface area contributed by atoms with Gasteiger partial charge in [-0.1, -0.05) is 46.3 Å². The van der Waals surface area contributed by atoms with E-state index in [1.165, 1.54) is 0 Å². The number of aromatic nitrogens is 3. The predicted octanol–water partition coefficient (Wildman–Crippen LogP) is 2.37. The quantitative estimate of drug-likeness (QED) is 0.533. The van der Waals surface area contributed by atoms with Crippen molar-refractivity contribution in [3.05, 3.63) is 76.6 Å². The van der Waals surface area contributed by atoms with E-state index < -0.39 is 0 Å². The van der Waals surface area contributed by atoms with Crippen LogP contribution in [0.25, 0.3) is 22.1 Å². The number of rotatable bonds is 1. The Kier molecular flexibility index (Phi) is 2.44. The van der Waals surface area contributed by atoms with Gasteiger partial charge in [0.1, 0.15) is 0 Å². The minimum absolute atomic E-state index is 0.0462. The Morgan fingerprint density at radius 3 is 2.48 bits per heavy atom. The largest absolute Gasteiger partial charge is 0.406 e. The zero-order valence-corrected chi connectivity index (χ0v) is 11.6. The number of hydrogen-bond acceptors (Lipinski definition) is 1. The van der Waals surface area contributed by atoms with Gasteiger partial charge in [0.25, 0.3) is 0 Å². The Balaban J connectivity index is 2.16. The van der Waals surface area contributed by atoms with Crippen LogP contribution >= 0.6 is 0 Å². The maximum absolute atomic E-state index is 12.6. The van der Waals surface area contributed by atoms with Crippen LogP contribution in [0.3, 0.4) is 0 Å². The van der Waals surface area contributed by atoms with Crippen molar-refractivity contribution in [2.45, 2.75) is 6.92 Å². The molecule has 21 heavy (non-hydrogen) atoms. The van der Waals surface area contributed by atoms with E-state index in [2.05, 4.69) is 11.3 Å². The standard InChI is InChI=1S/C17H13N3O/c1-12-11-16-17(21)19(13-7-3-2-4-8-13)18-20(16)15-10-6-5-9-14(12)15/h2-11H,1H3/p+1. The second kappa shape index (κ2) is 4.31. The highest BCUT2D eigenvalue weighted by molar-refractivity contribution is 5.80. The van der Waals surface area contributed by atoms with Gasteiger partial charge in [0.05, 0.1) is 0 Å². The van der Waals surface area contributed by atoms with Crippen molar-refractivity contribution < 1.29 is 4.52 Å². The predicted molar refractivity (Wildman–Crippen MR) is 81.8 cm³/mol. The third-order valence-corrected chi connectivity index (χ3v) is 3.80. The van der Waals surface area contributed by atoms with Gasteiger partial charge in [-0.05, 0) is 36.8 Å². The average Bonchev–Trinajstić information content (AvgIpc) is 2.86. The van der Waals surface area contributed by atoms with Gasteiger partial charge in [-0.3, -0.25) is 0 Å². The number of aromatic amines is 1. The molecule has 0 aliphatic rings. The van der Waals surface area contributed by atoms with Crippen molar-refractivity contribution in [3.63, 3.8) is 0 Å². The first-order chi connectivity index (χ1) is 10.3. The third-order valence-electron chi connectivity index (χ3n) is 3.80. The fourth-order valence-electron chi connectivity index (χ4n) is 2.76. The number of aryl methyl sites for hydroxylation is 1. The van der Waals surface area contributed by atoms with Crippen LogP contribution in [-0.2, 0) is 0 Å².